The number of aromatic nitrogens is 3. The van der Waals surface area contributed by atoms with E-state index in [1.54, 1.807) is 26.7 Å². The smallest absolute Gasteiger partial charge is 0.173 e. The molecule has 182 valence electrons. The van der Waals surface area contributed by atoms with Crippen molar-refractivity contribution in [3.8, 4) is 11.1 Å². The maximum absolute atomic E-state index is 13.7. The number of hydrogen-bond acceptors (Lipinski definition) is 5. The Labute approximate surface area is 209 Å². The van der Waals surface area contributed by atoms with Gasteiger partial charge in [0.2, 0.25) is 0 Å². The van der Waals surface area contributed by atoms with Gasteiger partial charge in [-0.3, -0.25) is 0 Å². The number of nitrogens with one attached hydrogen (secondary N) is 1. The first kappa shape index (κ1) is 23.7. The summed E-state index contributed by atoms with van der Waals surface area (Å²) >= 11 is 0. The first-order valence-electron chi connectivity index (χ1n) is 11.7. The Bertz CT molecular complexity index is 1420. The Morgan fingerprint density at radius 2 is 1.67 bits per heavy atom. The second-order valence-electron chi connectivity index (χ2n) is 8.44. The zero-order chi connectivity index (χ0) is 24.9. The fourth-order valence-corrected chi connectivity index (χ4v) is 4.42. The van der Waals surface area contributed by atoms with Gasteiger partial charge in [0.05, 0.1) is 24.4 Å². The van der Waals surface area contributed by atoms with Crippen LogP contribution in [0.25, 0.3) is 22.0 Å². The van der Waals surface area contributed by atoms with Crippen molar-refractivity contribution in [1.82, 2.24) is 14.5 Å². The number of nitrogens with zero attached hydrogens (tertiary/aromatic N) is 3. The van der Waals surface area contributed by atoms with Gasteiger partial charge in [-0.25, -0.2) is 14.4 Å². The number of ether oxygens (including phenoxy) is 2. The molecule has 7 heteroatoms. The Hall–Kier alpha value is -4.07. The Kier molecular flexibility index (Phi) is 7.02. The van der Waals surface area contributed by atoms with Crippen LogP contribution in [0.2, 0.25) is 0 Å². The summed E-state index contributed by atoms with van der Waals surface area (Å²) < 4.78 is 26.3. The molecular weight excluding hydrogens is 455 g/mol. The summed E-state index contributed by atoms with van der Waals surface area (Å²) in [5.41, 5.74) is 5.01. The molecule has 5 aromatic rings. The van der Waals surface area contributed by atoms with Gasteiger partial charge in [-0.2, -0.15) is 0 Å². The van der Waals surface area contributed by atoms with Gasteiger partial charge < -0.3 is 19.4 Å². The third-order valence-electron chi connectivity index (χ3n) is 6.22. The van der Waals surface area contributed by atoms with Crippen LogP contribution in [0, 0.1) is 5.82 Å². The van der Waals surface area contributed by atoms with E-state index in [4.69, 9.17) is 14.5 Å². The molecule has 0 aliphatic heterocycles. The topological polar surface area (TPSA) is 61.2 Å². The second-order valence-corrected chi connectivity index (χ2v) is 8.44. The van der Waals surface area contributed by atoms with E-state index in [2.05, 4.69) is 34.6 Å². The highest BCUT2D eigenvalue weighted by molar-refractivity contribution is 5.96. The van der Waals surface area contributed by atoms with Crippen LogP contribution >= 0.6 is 0 Å². The average Bonchev–Trinajstić information content (AvgIpc) is 3.45. The van der Waals surface area contributed by atoms with Crippen LogP contribution in [0.1, 0.15) is 17.2 Å². The predicted molar refractivity (Wildman–Crippen MR) is 139 cm³/mol. The van der Waals surface area contributed by atoms with E-state index in [0.717, 1.165) is 39.0 Å². The lowest BCUT2D eigenvalue weighted by atomic mass is 9.94. The fraction of sp³-hybridized carbons (Fsp3) is 0.172. The average molecular weight is 483 g/mol. The van der Waals surface area contributed by atoms with E-state index < -0.39 is 0 Å². The van der Waals surface area contributed by atoms with E-state index in [-0.39, 0.29) is 18.1 Å². The molecule has 0 spiro atoms. The highest BCUT2D eigenvalue weighted by atomic mass is 19.1. The molecule has 0 amide bonds. The first-order chi connectivity index (χ1) is 17.7. The lowest BCUT2D eigenvalue weighted by molar-refractivity contribution is -0.0914. The van der Waals surface area contributed by atoms with Crippen molar-refractivity contribution in [2.24, 2.45) is 0 Å². The molecule has 0 fully saturated rings. The molecule has 2 heterocycles. The van der Waals surface area contributed by atoms with Gasteiger partial charge in [-0.05, 0) is 52.6 Å². The normalized spacial score (nSPS) is 12.2. The van der Waals surface area contributed by atoms with Crippen LogP contribution in [-0.2, 0) is 9.47 Å². The van der Waals surface area contributed by atoms with Gasteiger partial charge in [0, 0.05) is 32.0 Å². The van der Waals surface area contributed by atoms with Crippen LogP contribution in [0.3, 0.4) is 0 Å². The molecule has 0 saturated heterocycles. The molecular formula is C29H27FN4O2. The SMILES string of the molecule is COC(CNc1cc(-c2ccccc2)c2cc(C(c3ccc(F)cc3)n3ccnc3)ccc2n1)OC. The van der Waals surface area contributed by atoms with Crippen LogP contribution in [-0.4, -0.2) is 41.6 Å². The number of rotatable bonds is 9. The van der Waals surface area contributed by atoms with Crippen molar-refractivity contribution in [1.29, 1.82) is 0 Å². The van der Waals surface area contributed by atoms with Crippen molar-refractivity contribution in [2.45, 2.75) is 12.3 Å². The monoisotopic (exact) mass is 482 g/mol. The van der Waals surface area contributed by atoms with Crippen molar-refractivity contribution in [3.63, 3.8) is 0 Å². The summed E-state index contributed by atoms with van der Waals surface area (Å²) in [6, 6.07) is 25.0. The largest absolute Gasteiger partial charge is 0.365 e. The lowest BCUT2D eigenvalue weighted by Gasteiger charge is -2.21. The second kappa shape index (κ2) is 10.7. The number of benzene rings is 3. The molecule has 2 aromatic heterocycles. The molecule has 5 rings (SSSR count). The fourth-order valence-electron chi connectivity index (χ4n) is 4.42. The molecule has 1 unspecified atom stereocenters. The van der Waals surface area contributed by atoms with E-state index in [1.807, 2.05) is 53.2 Å². The number of methoxy groups -OCH3 is 2. The maximum Gasteiger partial charge on any atom is 0.173 e. The predicted octanol–water partition coefficient (Wildman–Crippen LogP) is 5.91. The lowest BCUT2D eigenvalue weighted by Crippen LogP contribution is -2.24. The van der Waals surface area contributed by atoms with Gasteiger partial charge >= 0.3 is 0 Å². The van der Waals surface area contributed by atoms with Gasteiger partial charge in [0.15, 0.2) is 6.29 Å². The number of hydrogen-bond donors (Lipinski definition) is 1. The maximum atomic E-state index is 13.7. The zero-order valence-electron chi connectivity index (χ0n) is 20.1. The van der Waals surface area contributed by atoms with E-state index >= 15 is 0 Å². The Morgan fingerprint density at radius 3 is 2.36 bits per heavy atom. The quantitative estimate of drug-likeness (QED) is 0.265. The zero-order valence-corrected chi connectivity index (χ0v) is 20.1. The summed E-state index contributed by atoms with van der Waals surface area (Å²) in [7, 11) is 3.22. The molecule has 0 aliphatic rings. The van der Waals surface area contributed by atoms with Gasteiger partial charge in [0.1, 0.15) is 11.6 Å². The first-order valence-corrected chi connectivity index (χ1v) is 11.7. The molecule has 0 aliphatic carbocycles. The van der Waals surface area contributed by atoms with E-state index in [9.17, 15) is 4.39 Å². The van der Waals surface area contributed by atoms with Crippen molar-refractivity contribution in [3.05, 3.63) is 115 Å². The molecule has 1 N–H and O–H groups in total. The summed E-state index contributed by atoms with van der Waals surface area (Å²) in [6.07, 6.45) is 5.07. The molecule has 0 radical (unpaired) electrons. The molecule has 6 nitrogen and oxygen atoms in total. The van der Waals surface area contributed by atoms with Gasteiger partial charge in [0.25, 0.3) is 0 Å². The van der Waals surface area contributed by atoms with Crippen LogP contribution < -0.4 is 5.32 Å². The minimum absolute atomic E-state index is 0.164. The molecule has 3 aromatic carbocycles. The van der Waals surface area contributed by atoms with Crippen LogP contribution in [0.15, 0.2) is 97.6 Å². The van der Waals surface area contributed by atoms with E-state index in [0.29, 0.717) is 6.54 Å². The minimum Gasteiger partial charge on any atom is -0.365 e. The van der Waals surface area contributed by atoms with Crippen LogP contribution in [0.4, 0.5) is 10.2 Å². The number of anilines is 1. The van der Waals surface area contributed by atoms with Gasteiger partial charge in [-0.15, -0.1) is 0 Å². The standard InChI is InChI=1S/C29H27FN4O2/c1-35-28(36-2)18-32-27-17-24(20-6-4-3-5-7-20)25-16-22(10-13-26(25)33-27)29(34-15-14-31-19-34)21-8-11-23(30)12-9-21/h3-17,19,28-29H,18H2,1-2H3,(H,32,33). The minimum atomic E-state index is -0.378. The number of imidazole rings is 1. The third kappa shape index (κ3) is 4.98. The van der Waals surface area contributed by atoms with Gasteiger partial charge in [-0.1, -0.05) is 48.5 Å². The molecule has 1 atom stereocenters. The van der Waals surface area contributed by atoms with Crippen molar-refractivity contribution < 1.29 is 13.9 Å². The highest BCUT2D eigenvalue weighted by Gasteiger charge is 2.18. The summed E-state index contributed by atoms with van der Waals surface area (Å²) in [5.74, 6) is 0.472. The highest BCUT2D eigenvalue weighted by Crippen LogP contribution is 2.34. The number of halogens is 1. The number of fused-ring (bicyclic) bond motifs is 1. The summed E-state index contributed by atoms with van der Waals surface area (Å²) in [6.45, 7) is 0.463. The molecule has 36 heavy (non-hydrogen) atoms. The Morgan fingerprint density at radius 1 is 0.917 bits per heavy atom. The number of pyridine rings is 1. The van der Waals surface area contributed by atoms with Crippen molar-refractivity contribution in [2.75, 3.05) is 26.1 Å². The molecule has 0 bridgehead atoms. The summed E-state index contributed by atoms with van der Waals surface area (Å²) in [5, 5.41) is 4.35. The summed E-state index contributed by atoms with van der Waals surface area (Å²) in [4.78, 5) is 9.11. The molecule has 0 saturated carbocycles. The van der Waals surface area contributed by atoms with Crippen molar-refractivity contribution >= 4 is 16.7 Å². The Balaban J connectivity index is 1.63. The third-order valence-corrected chi connectivity index (χ3v) is 6.22. The van der Waals surface area contributed by atoms with Crippen LogP contribution in [0.5, 0.6) is 0 Å². The van der Waals surface area contributed by atoms with E-state index in [1.165, 1.54) is 12.1 Å².